The first kappa shape index (κ1) is 27.9. The summed E-state index contributed by atoms with van der Waals surface area (Å²) in [4.78, 5) is 2.33. The zero-order valence-electron chi connectivity index (χ0n) is 26.4. The van der Waals surface area contributed by atoms with Crippen LogP contribution in [0.15, 0.2) is 194 Å². The molecule has 0 spiro atoms. The summed E-state index contributed by atoms with van der Waals surface area (Å²) >= 11 is 0. The number of fused-ring (bicyclic) bond motifs is 4. The lowest BCUT2D eigenvalue weighted by atomic mass is 9.91. The van der Waals surface area contributed by atoms with E-state index in [9.17, 15) is 0 Å². The van der Waals surface area contributed by atoms with Crippen molar-refractivity contribution in [1.29, 1.82) is 0 Å². The standard InChI is InChI=1S/C46H32N2/c1-3-13-33(14-4-1)40-21-11-15-35-16-12-22-41(46(35)40)34-25-27-37(28-26-34)47(36-17-5-2-6-18-36)38-29-31-39(32-30-38)48-44-23-9-7-19-42(44)43-20-8-10-24-45(43)48/h1-32H. The molecule has 1 heterocycles. The molecule has 9 rings (SSSR count). The van der Waals surface area contributed by atoms with E-state index in [0.717, 1.165) is 22.7 Å². The predicted molar refractivity (Wildman–Crippen MR) is 204 cm³/mol. The molecule has 1 aromatic heterocycles. The minimum Gasteiger partial charge on any atom is -0.311 e. The van der Waals surface area contributed by atoms with E-state index in [0.29, 0.717) is 0 Å². The van der Waals surface area contributed by atoms with Crippen LogP contribution in [0.3, 0.4) is 0 Å². The molecule has 226 valence electrons. The van der Waals surface area contributed by atoms with Gasteiger partial charge in [0.2, 0.25) is 0 Å². The van der Waals surface area contributed by atoms with E-state index < -0.39 is 0 Å². The average Bonchev–Trinajstić information content (AvgIpc) is 3.50. The number of aromatic nitrogens is 1. The number of para-hydroxylation sites is 3. The van der Waals surface area contributed by atoms with E-state index >= 15 is 0 Å². The Balaban J connectivity index is 1.13. The fourth-order valence-corrected chi connectivity index (χ4v) is 7.21. The maximum atomic E-state index is 2.37. The van der Waals surface area contributed by atoms with Gasteiger partial charge in [-0.2, -0.15) is 0 Å². The van der Waals surface area contributed by atoms with Gasteiger partial charge in [0.15, 0.2) is 0 Å². The van der Waals surface area contributed by atoms with E-state index in [4.69, 9.17) is 0 Å². The maximum Gasteiger partial charge on any atom is 0.0541 e. The summed E-state index contributed by atoms with van der Waals surface area (Å²) in [6.45, 7) is 0. The minimum atomic E-state index is 1.11. The van der Waals surface area contributed by atoms with Gasteiger partial charge in [-0.05, 0) is 93.7 Å². The number of hydrogen-bond donors (Lipinski definition) is 0. The van der Waals surface area contributed by atoms with Crippen molar-refractivity contribution in [2.24, 2.45) is 0 Å². The Bertz CT molecular complexity index is 2470. The monoisotopic (exact) mass is 612 g/mol. The number of benzene rings is 8. The van der Waals surface area contributed by atoms with Crippen LogP contribution in [0.25, 0.3) is 60.5 Å². The Morgan fingerprint density at radius 3 is 1.38 bits per heavy atom. The predicted octanol–water partition coefficient (Wildman–Crippen LogP) is 12.7. The summed E-state index contributed by atoms with van der Waals surface area (Å²) in [5.41, 5.74) is 11.8. The van der Waals surface area contributed by atoms with Crippen molar-refractivity contribution in [3.05, 3.63) is 194 Å². The molecular weight excluding hydrogens is 581 g/mol. The molecule has 0 bridgehead atoms. The quantitative estimate of drug-likeness (QED) is 0.181. The summed E-state index contributed by atoms with van der Waals surface area (Å²) in [6, 6.07) is 69.8. The summed E-state index contributed by atoms with van der Waals surface area (Å²) in [6.07, 6.45) is 0. The Morgan fingerprint density at radius 2 is 0.792 bits per heavy atom. The third kappa shape index (κ3) is 4.74. The Labute approximate surface area is 280 Å². The van der Waals surface area contributed by atoms with Gasteiger partial charge in [0.1, 0.15) is 0 Å². The van der Waals surface area contributed by atoms with Crippen LogP contribution in [0.4, 0.5) is 17.1 Å². The number of hydrogen-bond acceptors (Lipinski definition) is 1. The molecule has 0 atom stereocenters. The second kappa shape index (κ2) is 11.8. The van der Waals surface area contributed by atoms with Gasteiger partial charge in [-0.15, -0.1) is 0 Å². The maximum absolute atomic E-state index is 2.37. The summed E-state index contributed by atoms with van der Waals surface area (Å²) in [7, 11) is 0. The number of anilines is 3. The number of rotatable bonds is 6. The van der Waals surface area contributed by atoms with Crippen LogP contribution < -0.4 is 4.90 Å². The van der Waals surface area contributed by atoms with E-state index in [1.807, 2.05) is 0 Å². The topological polar surface area (TPSA) is 8.17 Å². The molecular formula is C46H32N2. The molecule has 9 aromatic rings. The first-order valence-corrected chi connectivity index (χ1v) is 16.4. The van der Waals surface area contributed by atoms with Crippen molar-refractivity contribution in [1.82, 2.24) is 4.57 Å². The number of nitrogens with zero attached hydrogens (tertiary/aromatic N) is 2. The van der Waals surface area contributed by atoms with Crippen LogP contribution in [0.2, 0.25) is 0 Å². The Morgan fingerprint density at radius 1 is 0.333 bits per heavy atom. The fourth-order valence-electron chi connectivity index (χ4n) is 7.21. The molecule has 0 saturated heterocycles. The van der Waals surface area contributed by atoms with Crippen LogP contribution in [0.5, 0.6) is 0 Å². The van der Waals surface area contributed by atoms with Gasteiger partial charge in [-0.3, -0.25) is 0 Å². The average molecular weight is 613 g/mol. The van der Waals surface area contributed by atoms with Crippen molar-refractivity contribution in [2.45, 2.75) is 0 Å². The van der Waals surface area contributed by atoms with Gasteiger partial charge in [-0.25, -0.2) is 0 Å². The molecule has 0 aliphatic heterocycles. The normalized spacial score (nSPS) is 11.3. The van der Waals surface area contributed by atoms with E-state index in [1.165, 1.54) is 54.8 Å². The first-order valence-electron chi connectivity index (χ1n) is 16.4. The van der Waals surface area contributed by atoms with Crippen molar-refractivity contribution >= 4 is 49.6 Å². The molecule has 8 aromatic carbocycles. The zero-order chi connectivity index (χ0) is 31.9. The van der Waals surface area contributed by atoms with Gasteiger partial charge in [-0.1, -0.05) is 133 Å². The minimum absolute atomic E-state index is 1.11. The molecule has 0 fully saturated rings. The van der Waals surface area contributed by atoms with Gasteiger partial charge in [0, 0.05) is 33.5 Å². The molecule has 2 nitrogen and oxygen atoms in total. The van der Waals surface area contributed by atoms with Crippen LogP contribution in [0, 0.1) is 0 Å². The summed E-state index contributed by atoms with van der Waals surface area (Å²) in [5.74, 6) is 0. The third-order valence-electron chi connectivity index (χ3n) is 9.39. The summed E-state index contributed by atoms with van der Waals surface area (Å²) in [5, 5.41) is 5.06. The lowest BCUT2D eigenvalue weighted by molar-refractivity contribution is 1.17. The Kier molecular flexibility index (Phi) is 6.84. The van der Waals surface area contributed by atoms with Gasteiger partial charge >= 0.3 is 0 Å². The van der Waals surface area contributed by atoms with E-state index in [-0.39, 0.29) is 0 Å². The van der Waals surface area contributed by atoms with Crippen LogP contribution in [-0.4, -0.2) is 4.57 Å². The van der Waals surface area contributed by atoms with Crippen LogP contribution in [0.1, 0.15) is 0 Å². The largest absolute Gasteiger partial charge is 0.311 e. The molecule has 0 saturated carbocycles. The molecule has 0 N–H and O–H groups in total. The Hall–Kier alpha value is -6.38. The van der Waals surface area contributed by atoms with Gasteiger partial charge < -0.3 is 9.47 Å². The third-order valence-corrected chi connectivity index (χ3v) is 9.39. The molecule has 0 aliphatic rings. The first-order chi connectivity index (χ1) is 23.8. The lowest BCUT2D eigenvalue weighted by Gasteiger charge is -2.26. The highest BCUT2D eigenvalue weighted by Crippen LogP contribution is 2.40. The highest BCUT2D eigenvalue weighted by Gasteiger charge is 2.16. The second-order valence-corrected chi connectivity index (χ2v) is 12.2. The van der Waals surface area contributed by atoms with Crippen molar-refractivity contribution < 1.29 is 0 Å². The van der Waals surface area contributed by atoms with Crippen LogP contribution >= 0.6 is 0 Å². The molecule has 0 radical (unpaired) electrons. The smallest absolute Gasteiger partial charge is 0.0541 e. The molecule has 48 heavy (non-hydrogen) atoms. The molecule has 0 amide bonds. The zero-order valence-corrected chi connectivity index (χ0v) is 26.4. The molecule has 2 heteroatoms. The van der Waals surface area contributed by atoms with E-state index in [1.54, 1.807) is 0 Å². The fraction of sp³-hybridized carbons (Fsp3) is 0. The van der Waals surface area contributed by atoms with Gasteiger partial charge in [0.05, 0.1) is 11.0 Å². The SMILES string of the molecule is c1ccc(-c2cccc3cccc(-c4ccc(N(c5ccccc5)c5ccc(-n6c7ccccc7c7ccccc76)cc5)cc4)c23)cc1. The molecule has 0 aliphatic carbocycles. The van der Waals surface area contributed by atoms with E-state index in [2.05, 4.69) is 204 Å². The van der Waals surface area contributed by atoms with Gasteiger partial charge in [0.25, 0.3) is 0 Å². The van der Waals surface area contributed by atoms with Crippen molar-refractivity contribution in [3.63, 3.8) is 0 Å². The van der Waals surface area contributed by atoms with Crippen molar-refractivity contribution in [3.8, 4) is 27.9 Å². The van der Waals surface area contributed by atoms with Crippen LogP contribution in [-0.2, 0) is 0 Å². The highest BCUT2D eigenvalue weighted by molar-refractivity contribution is 6.09. The highest BCUT2D eigenvalue weighted by atomic mass is 15.1. The summed E-state index contributed by atoms with van der Waals surface area (Å²) < 4.78 is 2.37. The molecule has 0 unspecified atom stereocenters. The van der Waals surface area contributed by atoms with Crippen molar-refractivity contribution in [2.75, 3.05) is 4.90 Å². The lowest BCUT2D eigenvalue weighted by Crippen LogP contribution is -2.10. The second-order valence-electron chi connectivity index (χ2n) is 12.2.